The van der Waals surface area contributed by atoms with E-state index >= 15 is 0 Å². The Bertz CT molecular complexity index is 1410. The van der Waals surface area contributed by atoms with Gasteiger partial charge in [-0.3, -0.25) is 14.4 Å². The Morgan fingerprint density at radius 3 is 0.831 bits per heavy atom. The zero-order valence-corrected chi connectivity index (χ0v) is 46.5. The number of carbonyl (C=O) groups excluding carboxylic acids is 3. The highest BCUT2D eigenvalue weighted by Crippen LogP contribution is 2.14. The van der Waals surface area contributed by atoms with Crippen LogP contribution in [0.1, 0.15) is 278 Å². The first-order valence-corrected chi connectivity index (χ1v) is 29.7. The van der Waals surface area contributed by atoms with E-state index in [-0.39, 0.29) is 37.5 Å². The van der Waals surface area contributed by atoms with Gasteiger partial charge in [-0.05, 0) is 122 Å². The molecule has 0 fully saturated rings. The van der Waals surface area contributed by atoms with Crippen LogP contribution in [0.4, 0.5) is 0 Å². The summed E-state index contributed by atoms with van der Waals surface area (Å²) < 4.78 is 16.8. The second kappa shape index (κ2) is 58.9. The second-order valence-electron chi connectivity index (χ2n) is 19.5. The molecule has 0 unspecified atom stereocenters. The standard InChI is InChI=1S/C65H110O6/c1-4-7-10-13-16-19-22-25-28-31-32-35-37-40-43-46-49-52-55-58-64(67)70-61-62(71-65(68)59-56-53-50-47-44-41-38-34-30-27-24-21-18-15-12-9-6-3)60-69-63(66)57-54-51-48-45-42-39-36-33-29-26-23-20-17-14-11-8-5-2/h16-21,25-30,38,41,47,50,62H,4-15,22-24,31-37,39-40,42-46,48-49,51-61H2,1-3H3/b19-16+,20-17+,21-18+,28-25+,29-26+,30-27+,41-38+,50-47+/t62-/m1/s1. The largest absolute Gasteiger partial charge is 0.462 e. The lowest BCUT2D eigenvalue weighted by atomic mass is 10.1. The van der Waals surface area contributed by atoms with Crippen LogP contribution in [0.2, 0.25) is 0 Å². The molecular formula is C65H110O6. The van der Waals surface area contributed by atoms with Crippen LogP contribution in [0.3, 0.4) is 0 Å². The third kappa shape index (κ3) is 57.1. The van der Waals surface area contributed by atoms with E-state index in [0.717, 1.165) is 83.5 Å². The summed E-state index contributed by atoms with van der Waals surface area (Å²) in [6, 6.07) is 0. The van der Waals surface area contributed by atoms with Crippen LogP contribution < -0.4 is 0 Å². The van der Waals surface area contributed by atoms with Gasteiger partial charge in [-0.1, -0.05) is 234 Å². The molecule has 0 rings (SSSR count). The van der Waals surface area contributed by atoms with Crippen LogP contribution in [0.25, 0.3) is 0 Å². The minimum atomic E-state index is -0.813. The van der Waals surface area contributed by atoms with Gasteiger partial charge in [0.15, 0.2) is 6.10 Å². The Balaban J connectivity index is 4.48. The molecule has 6 nitrogen and oxygen atoms in total. The molecule has 0 heterocycles. The van der Waals surface area contributed by atoms with Crippen LogP contribution in [-0.4, -0.2) is 37.2 Å². The fourth-order valence-electron chi connectivity index (χ4n) is 8.02. The molecule has 0 aromatic heterocycles. The summed E-state index contributed by atoms with van der Waals surface area (Å²) >= 11 is 0. The van der Waals surface area contributed by atoms with Gasteiger partial charge < -0.3 is 14.2 Å². The Hall–Kier alpha value is -3.67. The number of esters is 3. The minimum absolute atomic E-state index is 0.104. The Morgan fingerprint density at radius 1 is 0.282 bits per heavy atom. The zero-order valence-electron chi connectivity index (χ0n) is 46.5. The van der Waals surface area contributed by atoms with E-state index < -0.39 is 6.10 Å². The van der Waals surface area contributed by atoms with Gasteiger partial charge >= 0.3 is 17.9 Å². The first-order chi connectivity index (χ1) is 35.0. The number of carbonyl (C=O) groups is 3. The molecule has 0 spiro atoms. The third-order valence-electron chi connectivity index (χ3n) is 12.5. The summed E-state index contributed by atoms with van der Waals surface area (Å²) in [5.74, 6) is -0.968. The van der Waals surface area contributed by atoms with Crippen molar-refractivity contribution in [3.63, 3.8) is 0 Å². The molecule has 6 heteroatoms. The lowest BCUT2D eigenvalue weighted by Crippen LogP contribution is -2.30. The smallest absolute Gasteiger partial charge is 0.306 e. The van der Waals surface area contributed by atoms with Gasteiger partial charge in [0, 0.05) is 19.3 Å². The molecule has 0 N–H and O–H groups in total. The summed E-state index contributed by atoms with van der Waals surface area (Å²) in [5, 5.41) is 0. The molecule has 0 aromatic carbocycles. The molecule has 0 saturated carbocycles. The number of hydrogen-bond donors (Lipinski definition) is 0. The Kier molecular flexibility index (Phi) is 55.9. The van der Waals surface area contributed by atoms with E-state index in [1.165, 1.54) is 148 Å². The number of unbranched alkanes of at least 4 members (excludes halogenated alkanes) is 26. The van der Waals surface area contributed by atoms with Crippen molar-refractivity contribution in [1.82, 2.24) is 0 Å². The van der Waals surface area contributed by atoms with Crippen molar-refractivity contribution in [2.45, 2.75) is 284 Å². The van der Waals surface area contributed by atoms with Crippen molar-refractivity contribution in [3.8, 4) is 0 Å². The van der Waals surface area contributed by atoms with Crippen LogP contribution in [0.5, 0.6) is 0 Å². The quantitative estimate of drug-likeness (QED) is 0.0261. The predicted molar refractivity (Wildman–Crippen MR) is 307 cm³/mol. The molecule has 0 saturated heterocycles. The van der Waals surface area contributed by atoms with E-state index in [0.29, 0.717) is 19.3 Å². The van der Waals surface area contributed by atoms with Crippen molar-refractivity contribution < 1.29 is 28.6 Å². The third-order valence-corrected chi connectivity index (χ3v) is 12.5. The molecule has 0 aromatic rings. The molecule has 0 aliphatic rings. The maximum Gasteiger partial charge on any atom is 0.306 e. The summed E-state index contributed by atoms with van der Waals surface area (Å²) in [7, 11) is 0. The van der Waals surface area contributed by atoms with Crippen molar-refractivity contribution in [2.75, 3.05) is 13.2 Å². The average Bonchev–Trinajstić information content (AvgIpc) is 3.37. The Morgan fingerprint density at radius 2 is 0.521 bits per heavy atom. The van der Waals surface area contributed by atoms with Crippen molar-refractivity contribution in [1.29, 1.82) is 0 Å². The van der Waals surface area contributed by atoms with Gasteiger partial charge in [0.25, 0.3) is 0 Å². The van der Waals surface area contributed by atoms with Crippen molar-refractivity contribution in [3.05, 3.63) is 97.2 Å². The number of allylic oxidation sites excluding steroid dienone is 16. The van der Waals surface area contributed by atoms with Crippen LogP contribution in [-0.2, 0) is 28.6 Å². The van der Waals surface area contributed by atoms with Crippen LogP contribution in [0.15, 0.2) is 97.2 Å². The second-order valence-corrected chi connectivity index (χ2v) is 19.5. The van der Waals surface area contributed by atoms with Gasteiger partial charge in [-0.2, -0.15) is 0 Å². The molecule has 0 amide bonds. The number of hydrogen-bond acceptors (Lipinski definition) is 6. The summed E-state index contributed by atoms with van der Waals surface area (Å²) in [6.07, 6.45) is 78.2. The summed E-state index contributed by atoms with van der Waals surface area (Å²) in [4.78, 5) is 38.2. The number of ether oxygens (including phenoxy) is 3. The first kappa shape index (κ1) is 67.3. The van der Waals surface area contributed by atoms with Gasteiger partial charge in [0.05, 0.1) is 0 Å². The zero-order chi connectivity index (χ0) is 51.4. The monoisotopic (exact) mass is 987 g/mol. The molecule has 71 heavy (non-hydrogen) atoms. The summed E-state index contributed by atoms with van der Waals surface area (Å²) in [6.45, 7) is 6.52. The number of rotatable bonds is 53. The summed E-state index contributed by atoms with van der Waals surface area (Å²) in [5.41, 5.74) is 0. The highest BCUT2D eigenvalue weighted by atomic mass is 16.6. The highest BCUT2D eigenvalue weighted by Gasteiger charge is 2.19. The van der Waals surface area contributed by atoms with Gasteiger partial charge in [0.1, 0.15) is 13.2 Å². The molecule has 406 valence electrons. The van der Waals surface area contributed by atoms with E-state index in [4.69, 9.17) is 14.2 Å². The predicted octanol–water partition coefficient (Wildman–Crippen LogP) is 20.1. The van der Waals surface area contributed by atoms with Crippen molar-refractivity contribution in [2.24, 2.45) is 0 Å². The maximum atomic E-state index is 12.9. The van der Waals surface area contributed by atoms with Gasteiger partial charge in [-0.15, -0.1) is 0 Å². The molecule has 0 radical (unpaired) electrons. The molecule has 1 atom stereocenters. The first-order valence-electron chi connectivity index (χ1n) is 29.7. The average molecular weight is 988 g/mol. The minimum Gasteiger partial charge on any atom is -0.462 e. The van der Waals surface area contributed by atoms with Crippen molar-refractivity contribution >= 4 is 17.9 Å². The van der Waals surface area contributed by atoms with Crippen LogP contribution >= 0.6 is 0 Å². The van der Waals surface area contributed by atoms with E-state index in [2.05, 4.69) is 118 Å². The topological polar surface area (TPSA) is 78.9 Å². The fraction of sp³-hybridized carbons (Fsp3) is 0.708. The Labute approximate surface area is 438 Å². The molecule has 0 bridgehead atoms. The van der Waals surface area contributed by atoms with Crippen LogP contribution in [0, 0.1) is 0 Å². The molecule has 0 aliphatic heterocycles. The van der Waals surface area contributed by atoms with Gasteiger partial charge in [-0.25, -0.2) is 0 Å². The SMILES string of the molecule is CCCCC/C=C/C/C=C/C/C=C/C/C=C/CCCC(=O)O[C@H](COC(=O)CCCCCCCCC/C=C/C/C=C/CCCCC)COC(=O)CCCCCCCCCCC/C=C/C/C=C/CCCCC. The van der Waals surface area contributed by atoms with E-state index in [9.17, 15) is 14.4 Å². The van der Waals surface area contributed by atoms with Gasteiger partial charge in [0.2, 0.25) is 0 Å². The fourth-order valence-corrected chi connectivity index (χ4v) is 8.02. The lowest BCUT2D eigenvalue weighted by molar-refractivity contribution is -0.167. The highest BCUT2D eigenvalue weighted by molar-refractivity contribution is 5.71. The molecule has 0 aliphatic carbocycles. The maximum absolute atomic E-state index is 12.9. The lowest BCUT2D eigenvalue weighted by Gasteiger charge is -2.18. The normalized spacial score (nSPS) is 12.8. The molecular weight excluding hydrogens is 877 g/mol. The van der Waals surface area contributed by atoms with E-state index in [1.807, 2.05) is 0 Å². The van der Waals surface area contributed by atoms with E-state index in [1.54, 1.807) is 0 Å².